The van der Waals surface area contributed by atoms with Crippen LogP contribution in [0.1, 0.15) is 24.1 Å². The SMILES string of the molecule is C[C@@H](NC(=O)COC(=O)Cc1ccc(Cl)cc1)c1ccc(S(N)(=O)=O)cc1. The lowest BCUT2D eigenvalue weighted by molar-refractivity contribution is -0.148. The number of halogens is 1. The Bertz CT molecular complexity index is 912. The molecule has 0 aliphatic rings. The first-order valence-electron chi connectivity index (χ1n) is 7.97. The Morgan fingerprint density at radius 2 is 1.70 bits per heavy atom. The topological polar surface area (TPSA) is 116 Å². The molecule has 3 N–H and O–H groups in total. The molecule has 2 aromatic rings. The third-order valence-electron chi connectivity index (χ3n) is 3.71. The van der Waals surface area contributed by atoms with Crippen molar-refractivity contribution in [3.05, 3.63) is 64.7 Å². The Labute approximate surface area is 162 Å². The lowest BCUT2D eigenvalue weighted by atomic mass is 10.1. The van der Waals surface area contributed by atoms with E-state index in [2.05, 4.69) is 5.32 Å². The van der Waals surface area contributed by atoms with Crippen LogP contribution < -0.4 is 10.5 Å². The van der Waals surface area contributed by atoms with Gasteiger partial charge in [0.05, 0.1) is 17.4 Å². The summed E-state index contributed by atoms with van der Waals surface area (Å²) in [7, 11) is -3.77. The van der Waals surface area contributed by atoms with Crippen LogP contribution in [0.5, 0.6) is 0 Å². The van der Waals surface area contributed by atoms with Gasteiger partial charge in [0, 0.05) is 5.02 Å². The first-order valence-corrected chi connectivity index (χ1v) is 9.90. The number of primary sulfonamides is 1. The number of amides is 1. The van der Waals surface area contributed by atoms with Crippen molar-refractivity contribution in [2.45, 2.75) is 24.3 Å². The molecule has 0 saturated heterocycles. The van der Waals surface area contributed by atoms with Crippen LogP contribution in [0.25, 0.3) is 0 Å². The van der Waals surface area contributed by atoms with Gasteiger partial charge in [-0.25, -0.2) is 13.6 Å². The number of rotatable bonds is 7. The molecule has 0 radical (unpaired) electrons. The predicted octanol–water partition coefficient (Wildman–Crippen LogP) is 1.95. The van der Waals surface area contributed by atoms with E-state index >= 15 is 0 Å². The van der Waals surface area contributed by atoms with E-state index in [9.17, 15) is 18.0 Å². The second kappa shape index (κ2) is 8.98. The van der Waals surface area contributed by atoms with Crippen molar-refractivity contribution in [3.63, 3.8) is 0 Å². The number of benzene rings is 2. The highest BCUT2D eigenvalue weighted by molar-refractivity contribution is 7.89. The summed E-state index contributed by atoms with van der Waals surface area (Å²) < 4.78 is 27.4. The highest BCUT2D eigenvalue weighted by Gasteiger charge is 2.14. The number of hydrogen-bond acceptors (Lipinski definition) is 5. The zero-order valence-electron chi connectivity index (χ0n) is 14.5. The molecule has 0 unspecified atom stereocenters. The monoisotopic (exact) mass is 410 g/mol. The van der Waals surface area contributed by atoms with Crippen LogP contribution in [-0.4, -0.2) is 26.9 Å². The first kappa shape index (κ1) is 20.9. The zero-order chi connectivity index (χ0) is 20.0. The van der Waals surface area contributed by atoms with Crippen molar-refractivity contribution in [1.29, 1.82) is 0 Å². The Kier molecular flexibility index (Phi) is 6.95. The van der Waals surface area contributed by atoms with Gasteiger partial charge in [0.15, 0.2) is 6.61 Å². The Morgan fingerprint density at radius 1 is 1.11 bits per heavy atom. The molecule has 0 aliphatic carbocycles. The van der Waals surface area contributed by atoms with E-state index in [1.807, 2.05) is 0 Å². The van der Waals surface area contributed by atoms with Crippen molar-refractivity contribution in [2.75, 3.05) is 6.61 Å². The molecule has 0 saturated carbocycles. The zero-order valence-corrected chi connectivity index (χ0v) is 16.1. The lowest BCUT2D eigenvalue weighted by Gasteiger charge is -2.15. The second-order valence-corrected chi connectivity index (χ2v) is 7.87. The van der Waals surface area contributed by atoms with Crippen molar-refractivity contribution < 1.29 is 22.7 Å². The molecule has 2 aromatic carbocycles. The van der Waals surface area contributed by atoms with Crippen LogP contribution in [-0.2, 0) is 30.8 Å². The molecule has 7 nitrogen and oxygen atoms in total. The fraction of sp³-hybridized carbons (Fsp3) is 0.222. The number of ether oxygens (including phenoxy) is 1. The molecule has 2 rings (SSSR count). The number of sulfonamides is 1. The van der Waals surface area contributed by atoms with Crippen molar-refractivity contribution in [1.82, 2.24) is 5.32 Å². The van der Waals surface area contributed by atoms with Crippen LogP contribution in [0, 0.1) is 0 Å². The summed E-state index contributed by atoms with van der Waals surface area (Å²) in [6.07, 6.45) is 0.0367. The predicted molar refractivity (Wildman–Crippen MR) is 100 cm³/mol. The maximum atomic E-state index is 11.9. The van der Waals surface area contributed by atoms with Crippen molar-refractivity contribution in [2.24, 2.45) is 5.14 Å². The van der Waals surface area contributed by atoms with E-state index in [1.165, 1.54) is 12.1 Å². The Balaban J connectivity index is 1.82. The minimum Gasteiger partial charge on any atom is -0.455 e. The summed E-state index contributed by atoms with van der Waals surface area (Å²) in [6, 6.07) is 12.2. The van der Waals surface area contributed by atoms with Crippen LogP contribution in [0.4, 0.5) is 0 Å². The quantitative estimate of drug-likeness (QED) is 0.677. The molecule has 27 heavy (non-hydrogen) atoms. The van der Waals surface area contributed by atoms with Gasteiger partial charge >= 0.3 is 5.97 Å². The number of nitrogens with one attached hydrogen (secondary N) is 1. The van der Waals surface area contributed by atoms with Gasteiger partial charge in [-0.3, -0.25) is 9.59 Å². The largest absolute Gasteiger partial charge is 0.455 e. The Morgan fingerprint density at radius 3 is 2.26 bits per heavy atom. The Hall–Kier alpha value is -2.42. The first-order chi connectivity index (χ1) is 12.6. The third-order valence-corrected chi connectivity index (χ3v) is 4.89. The number of nitrogens with two attached hydrogens (primary N) is 1. The van der Waals surface area contributed by atoms with E-state index in [0.717, 1.165) is 5.56 Å². The van der Waals surface area contributed by atoms with Gasteiger partial charge in [0.25, 0.3) is 5.91 Å². The minimum atomic E-state index is -3.77. The summed E-state index contributed by atoms with van der Waals surface area (Å²) in [5.41, 5.74) is 1.41. The normalized spacial score (nSPS) is 12.3. The van der Waals surface area contributed by atoms with Gasteiger partial charge in [0.2, 0.25) is 10.0 Å². The molecule has 9 heteroatoms. The molecule has 0 aromatic heterocycles. The molecule has 144 valence electrons. The van der Waals surface area contributed by atoms with Crippen molar-refractivity contribution >= 4 is 33.5 Å². The fourth-order valence-corrected chi connectivity index (χ4v) is 2.92. The summed E-state index contributed by atoms with van der Waals surface area (Å²) in [5.74, 6) is -1.000. The van der Waals surface area contributed by atoms with Crippen LogP contribution in [0.2, 0.25) is 5.02 Å². The molecule has 0 heterocycles. The van der Waals surface area contributed by atoms with Gasteiger partial charge in [-0.05, 0) is 42.3 Å². The van der Waals surface area contributed by atoms with E-state index in [0.29, 0.717) is 10.6 Å². The van der Waals surface area contributed by atoms with Crippen LogP contribution in [0.15, 0.2) is 53.4 Å². The number of carbonyl (C=O) groups is 2. The average Bonchev–Trinajstić information content (AvgIpc) is 2.61. The van der Waals surface area contributed by atoms with Crippen LogP contribution >= 0.6 is 11.6 Å². The van der Waals surface area contributed by atoms with E-state index in [4.69, 9.17) is 21.5 Å². The molecule has 0 aliphatic heterocycles. The molecular weight excluding hydrogens is 392 g/mol. The number of hydrogen-bond donors (Lipinski definition) is 2. The molecule has 0 spiro atoms. The van der Waals surface area contributed by atoms with Gasteiger partial charge in [-0.2, -0.15) is 0 Å². The fourth-order valence-electron chi connectivity index (χ4n) is 2.28. The molecule has 0 fully saturated rings. The molecule has 1 amide bonds. The van der Waals surface area contributed by atoms with Gasteiger partial charge in [-0.15, -0.1) is 0 Å². The van der Waals surface area contributed by atoms with Gasteiger partial charge in [0.1, 0.15) is 0 Å². The van der Waals surface area contributed by atoms with Crippen LogP contribution in [0.3, 0.4) is 0 Å². The third kappa shape index (κ3) is 6.67. The summed E-state index contributed by atoms with van der Waals surface area (Å²) in [6.45, 7) is 1.31. The highest BCUT2D eigenvalue weighted by atomic mass is 35.5. The molecule has 1 atom stereocenters. The minimum absolute atomic E-state index is 0.0130. The maximum absolute atomic E-state index is 11.9. The lowest BCUT2D eigenvalue weighted by Crippen LogP contribution is -2.31. The summed E-state index contributed by atoms with van der Waals surface area (Å²) >= 11 is 5.78. The smallest absolute Gasteiger partial charge is 0.310 e. The standard InChI is InChI=1S/C18H19ClN2O5S/c1-12(14-4-8-16(9-5-14)27(20,24)25)21-17(22)11-26-18(23)10-13-2-6-15(19)7-3-13/h2-9,12H,10-11H2,1H3,(H,21,22)(H2,20,24,25)/t12-/m1/s1. The summed E-state index contributed by atoms with van der Waals surface area (Å²) in [5, 5.41) is 8.28. The van der Waals surface area contributed by atoms with E-state index in [-0.39, 0.29) is 11.3 Å². The number of esters is 1. The molecular formula is C18H19ClN2O5S. The highest BCUT2D eigenvalue weighted by Crippen LogP contribution is 2.15. The maximum Gasteiger partial charge on any atom is 0.310 e. The van der Waals surface area contributed by atoms with E-state index in [1.54, 1.807) is 43.3 Å². The van der Waals surface area contributed by atoms with Gasteiger partial charge in [-0.1, -0.05) is 35.9 Å². The van der Waals surface area contributed by atoms with Gasteiger partial charge < -0.3 is 10.1 Å². The van der Waals surface area contributed by atoms with E-state index < -0.39 is 34.5 Å². The second-order valence-electron chi connectivity index (χ2n) is 5.87. The number of carbonyl (C=O) groups excluding carboxylic acids is 2. The average molecular weight is 411 g/mol. The van der Waals surface area contributed by atoms with Crippen molar-refractivity contribution in [3.8, 4) is 0 Å². The molecule has 0 bridgehead atoms. The summed E-state index contributed by atoms with van der Waals surface area (Å²) in [4.78, 5) is 23.7.